The normalized spacial score (nSPS) is 11.0. The first-order chi connectivity index (χ1) is 11.3. The van der Waals surface area contributed by atoms with Crippen molar-refractivity contribution in [1.82, 2.24) is 20.3 Å². The first-order valence-corrected chi connectivity index (χ1v) is 7.29. The number of nitrogens with one attached hydrogen (secondary N) is 2. The molecule has 0 saturated carbocycles. The van der Waals surface area contributed by atoms with E-state index in [2.05, 4.69) is 20.3 Å². The molecule has 2 N–H and O–H groups in total. The van der Waals surface area contributed by atoms with Gasteiger partial charge in [0.1, 0.15) is 17.7 Å². The first kappa shape index (κ1) is 14.8. The molecule has 6 heteroatoms. The maximum absolute atomic E-state index is 11.6. The summed E-state index contributed by atoms with van der Waals surface area (Å²) in [5.74, 6) is 0.981. The molecule has 0 saturated heterocycles. The lowest BCUT2D eigenvalue weighted by atomic mass is 10.2. The van der Waals surface area contributed by atoms with Gasteiger partial charge in [-0.05, 0) is 25.1 Å². The number of para-hydroxylation sites is 1. The zero-order chi connectivity index (χ0) is 16.1. The Bertz CT molecular complexity index is 840. The summed E-state index contributed by atoms with van der Waals surface area (Å²) in [5.41, 5.74) is 1.44. The summed E-state index contributed by atoms with van der Waals surface area (Å²) in [6.07, 6.45) is 6.40. The Labute approximate surface area is 133 Å². The van der Waals surface area contributed by atoms with Crippen LogP contribution in [0.5, 0.6) is 11.6 Å². The SMILES string of the molecule is CCNC(=O)/C=C/c1c[nH]c2ncnc(Oc3ccccc3)c12. The van der Waals surface area contributed by atoms with E-state index in [9.17, 15) is 4.79 Å². The van der Waals surface area contributed by atoms with Gasteiger partial charge in [0.2, 0.25) is 11.8 Å². The molecule has 0 atom stereocenters. The van der Waals surface area contributed by atoms with Gasteiger partial charge in [0.15, 0.2) is 0 Å². The third-order valence-corrected chi connectivity index (χ3v) is 3.19. The number of nitrogens with zero attached hydrogens (tertiary/aromatic N) is 2. The molecule has 0 radical (unpaired) electrons. The van der Waals surface area contributed by atoms with Gasteiger partial charge >= 0.3 is 0 Å². The van der Waals surface area contributed by atoms with E-state index in [-0.39, 0.29) is 5.91 Å². The summed E-state index contributed by atoms with van der Waals surface area (Å²) >= 11 is 0. The Morgan fingerprint density at radius 3 is 2.91 bits per heavy atom. The summed E-state index contributed by atoms with van der Waals surface area (Å²) in [4.78, 5) is 23.0. The highest BCUT2D eigenvalue weighted by molar-refractivity contribution is 5.96. The fourth-order valence-electron chi connectivity index (χ4n) is 2.16. The van der Waals surface area contributed by atoms with Crippen LogP contribution in [-0.4, -0.2) is 27.4 Å². The van der Waals surface area contributed by atoms with E-state index in [1.165, 1.54) is 12.4 Å². The van der Waals surface area contributed by atoms with Crippen LogP contribution in [0.3, 0.4) is 0 Å². The zero-order valence-electron chi connectivity index (χ0n) is 12.6. The Balaban J connectivity index is 1.96. The minimum absolute atomic E-state index is 0.149. The number of benzene rings is 1. The van der Waals surface area contributed by atoms with E-state index in [1.54, 1.807) is 12.3 Å². The molecule has 0 aliphatic heterocycles. The number of ether oxygens (including phenoxy) is 1. The topological polar surface area (TPSA) is 79.9 Å². The van der Waals surface area contributed by atoms with Crippen LogP contribution in [0.1, 0.15) is 12.5 Å². The fourth-order valence-corrected chi connectivity index (χ4v) is 2.16. The minimum atomic E-state index is -0.149. The van der Waals surface area contributed by atoms with Crippen molar-refractivity contribution in [3.8, 4) is 11.6 Å². The van der Waals surface area contributed by atoms with Crippen molar-refractivity contribution >= 4 is 23.0 Å². The Morgan fingerprint density at radius 1 is 1.30 bits per heavy atom. The molecule has 1 aromatic carbocycles. The van der Waals surface area contributed by atoms with Gasteiger partial charge in [0.25, 0.3) is 0 Å². The van der Waals surface area contributed by atoms with Gasteiger partial charge in [-0.15, -0.1) is 0 Å². The van der Waals surface area contributed by atoms with Gasteiger partial charge in [-0.3, -0.25) is 4.79 Å². The van der Waals surface area contributed by atoms with Crippen molar-refractivity contribution in [2.45, 2.75) is 6.92 Å². The quantitative estimate of drug-likeness (QED) is 0.710. The van der Waals surface area contributed by atoms with Gasteiger partial charge in [0, 0.05) is 24.4 Å². The van der Waals surface area contributed by atoms with Crippen LogP contribution >= 0.6 is 0 Å². The average molecular weight is 308 g/mol. The maximum Gasteiger partial charge on any atom is 0.243 e. The van der Waals surface area contributed by atoms with Crippen LogP contribution in [-0.2, 0) is 4.79 Å². The summed E-state index contributed by atoms with van der Waals surface area (Å²) in [5, 5.41) is 3.45. The number of aromatic nitrogens is 3. The summed E-state index contributed by atoms with van der Waals surface area (Å²) in [6.45, 7) is 2.46. The Morgan fingerprint density at radius 2 is 2.13 bits per heavy atom. The summed E-state index contributed by atoms with van der Waals surface area (Å²) in [7, 11) is 0. The number of H-pyrrole nitrogens is 1. The molecule has 0 fully saturated rings. The van der Waals surface area contributed by atoms with Crippen molar-refractivity contribution < 1.29 is 9.53 Å². The third kappa shape index (κ3) is 3.37. The molecular formula is C17H16N4O2. The second-order valence-corrected chi connectivity index (χ2v) is 4.79. The molecule has 2 heterocycles. The van der Waals surface area contributed by atoms with E-state index in [1.807, 2.05) is 37.3 Å². The molecule has 0 aliphatic carbocycles. The monoisotopic (exact) mass is 308 g/mol. The number of rotatable bonds is 5. The van der Waals surface area contributed by atoms with Crippen LogP contribution in [0.2, 0.25) is 0 Å². The van der Waals surface area contributed by atoms with E-state index in [0.717, 1.165) is 10.9 Å². The van der Waals surface area contributed by atoms with E-state index >= 15 is 0 Å². The van der Waals surface area contributed by atoms with E-state index < -0.39 is 0 Å². The zero-order valence-corrected chi connectivity index (χ0v) is 12.6. The van der Waals surface area contributed by atoms with Crippen LogP contribution in [0, 0.1) is 0 Å². The van der Waals surface area contributed by atoms with Crippen LogP contribution < -0.4 is 10.1 Å². The van der Waals surface area contributed by atoms with Crippen LogP contribution in [0.25, 0.3) is 17.1 Å². The second-order valence-electron chi connectivity index (χ2n) is 4.79. The van der Waals surface area contributed by atoms with Gasteiger partial charge < -0.3 is 15.0 Å². The molecule has 1 amide bonds. The highest BCUT2D eigenvalue weighted by atomic mass is 16.5. The smallest absolute Gasteiger partial charge is 0.243 e. The second kappa shape index (κ2) is 6.74. The number of likely N-dealkylation sites (N-methyl/N-ethyl adjacent to an activating group) is 1. The lowest BCUT2D eigenvalue weighted by Crippen LogP contribution is -2.19. The van der Waals surface area contributed by atoms with Gasteiger partial charge in [-0.1, -0.05) is 18.2 Å². The number of hydrogen-bond donors (Lipinski definition) is 2. The molecule has 0 unspecified atom stereocenters. The van der Waals surface area contributed by atoms with Crippen molar-refractivity contribution in [2.24, 2.45) is 0 Å². The summed E-state index contributed by atoms with van der Waals surface area (Å²) < 4.78 is 5.84. The highest BCUT2D eigenvalue weighted by Gasteiger charge is 2.11. The number of amides is 1. The van der Waals surface area contributed by atoms with Crippen molar-refractivity contribution in [1.29, 1.82) is 0 Å². The third-order valence-electron chi connectivity index (χ3n) is 3.19. The Kier molecular flexibility index (Phi) is 4.33. The fraction of sp³-hybridized carbons (Fsp3) is 0.118. The molecule has 0 spiro atoms. The molecule has 0 aliphatic rings. The molecule has 23 heavy (non-hydrogen) atoms. The van der Waals surface area contributed by atoms with Crippen molar-refractivity contribution in [2.75, 3.05) is 6.54 Å². The largest absolute Gasteiger partial charge is 0.438 e. The number of carbonyl (C=O) groups excluding carboxylic acids is 1. The molecule has 2 aromatic heterocycles. The average Bonchev–Trinajstić information content (AvgIpc) is 2.98. The van der Waals surface area contributed by atoms with Crippen molar-refractivity contribution in [3.05, 3.63) is 54.5 Å². The predicted molar refractivity (Wildman–Crippen MR) is 88.1 cm³/mol. The molecule has 0 bridgehead atoms. The molecule has 3 aromatic rings. The maximum atomic E-state index is 11.6. The van der Waals surface area contributed by atoms with Crippen LogP contribution in [0.15, 0.2) is 48.9 Å². The lowest BCUT2D eigenvalue weighted by molar-refractivity contribution is -0.116. The van der Waals surface area contributed by atoms with Gasteiger partial charge in [-0.25, -0.2) is 9.97 Å². The molecule has 116 valence electrons. The Hall–Kier alpha value is -3.15. The molecule has 3 rings (SSSR count). The van der Waals surface area contributed by atoms with Crippen LogP contribution in [0.4, 0.5) is 0 Å². The van der Waals surface area contributed by atoms with Gasteiger partial charge in [0.05, 0.1) is 5.39 Å². The first-order valence-electron chi connectivity index (χ1n) is 7.29. The minimum Gasteiger partial charge on any atom is -0.438 e. The lowest BCUT2D eigenvalue weighted by Gasteiger charge is -2.05. The van der Waals surface area contributed by atoms with E-state index in [0.29, 0.717) is 23.8 Å². The molecular weight excluding hydrogens is 292 g/mol. The number of hydrogen-bond acceptors (Lipinski definition) is 4. The number of fused-ring (bicyclic) bond motifs is 1. The number of aromatic amines is 1. The van der Waals surface area contributed by atoms with E-state index in [4.69, 9.17) is 4.74 Å². The standard InChI is InChI=1S/C17H16N4O2/c1-2-18-14(22)9-8-12-10-19-16-15(12)17(21-11-20-16)23-13-6-4-3-5-7-13/h3-11H,2H2,1H3,(H,18,22)(H,19,20,21)/b9-8+. The highest BCUT2D eigenvalue weighted by Crippen LogP contribution is 2.29. The molecule has 6 nitrogen and oxygen atoms in total. The van der Waals surface area contributed by atoms with Crippen molar-refractivity contribution in [3.63, 3.8) is 0 Å². The summed E-state index contributed by atoms with van der Waals surface area (Å²) in [6, 6.07) is 9.40. The predicted octanol–water partition coefficient (Wildman–Crippen LogP) is 2.90. The van der Waals surface area contributed by atoms with Gasteiger partial charge in [-0.2, -0.15) is 0 Å². The number of carbonyl (C=O) groups is 1.